The van der Waals surface area contributed by atoms with Gasteiger partial charge in [-0.1, -0.05) is 35.5 Å². The Morgan fingerprint density at radius 2 is 2.05 bits per heavy atom. The maximum atomic E-state index is 14.6. The highest BCUT2D eigenvalue weighted by molar-refractivity contribution is 6.09. The van der Waals surface area contributed by atoms with Gasteiger partial charge >= 0.3 is 0 Å². The monoisotopic (exact) mass is 524 g/mol. The third kappa shape index (κ3) is 3.87. The molecule has 0 N–H and O–H groups in total. The SMILES string of the molecule is O=C(CCn1cncn1)N1CC[C@]23C(=O)N(Cc4cn(nn4)CCCOc4cccc(c4)[C@H]12)c1ccccc13. The third-order valence-corrected chi connectivity index (χ3v) is 8.05. The molecule has 0 aliphatic carbocycles. The minimum absolute atomic E-state index is 0.0176. The lowest BCUT2D eigenvalue weighted by atomic mass is 9.72. The van der Waals surface area contributed by atoms with Gasteiger partial charge in [-0.3, -0.25) is 19.0 Å². The Morgan fingerprint density at radius 1 is 1.13 bits per heavy atom. The molecule has 2 amide bonds. The number of benzene rings is 2. The van der Waals surface area contributed by atoms with E-state index in [0.717, 1.165) is 28.9 Å². The average Bonchev–Trinajstić information content (AvgIpc) is 3.75. The molecular weight excluding hydrogens is 496 g/mol. The standard InChI is InChI=1S/C28H28N8O3/c37-25(9-12-34-19-29-18-30-34)35-13-10-28-23-7-1-2-8-24(23)36(27(28)38)17-21-16-33(32-31-21)11-4-14-39-22-6-3-5-20(15-22)26(28)35/h1-3,5-8,15-16,18-19,26H,4,9-14,17H2/t26-,28+/m0/s1. The van der Waals surface area contributed by atoms with Gasteiger partial charge in [0.2, 0.25) is 11.8 Å². The molecule has 0 radical (unpaired) electrons. The number of aryl methyl sites for hydroxylation is 2. The van der Waals surface area contributed by atoms with Gasteiger partial charge in [0.1, 0.15) is 29.5 Å². The topological polar surface area (TPSA) is 111 Å². The fourth-order valence-corrected chi connectivity index (χ4v) is 6.35. The number of carbonyl (C=O) groups is 2. The molecule has 11 nitrogen and oxygen atoms in total. The lowest BCUT2D eigenvalue weighted by Crippen LogP contribution is -2.45. The highest BCUT2D eigenvalue weighted by Gasteiger charge is 2.61. The Kier molecular flexibility index (Phi) is 5.64. The zero-order valence-corrected chi connectivity index (χ0v) is 21.4. The summed E-state index contributed by atoms with van der Waals surface area (Å²) in [6.07, 6.45) is 6.51. The fraction of sp³-hybridized carbons (Fsp3) is 0.357. The van der Waals surface area contributed by atoms with Crippen molar-refractivity contribution in [1.29, 1.82) is 0 Å². The van der Waals surface area contributed by atoms with Crippen LogP contribution in [-0.2, 0) is 34.6 Å². The molecule has 2 aromatic carbocycles. The molecule has 5 heterocycles. The zero-order chi connectivity index (χ0) is 26.4. The molecule has 2 atom stereocenters. The van der Waals surface area contributed by atoms with Gasteiger partial charge in [-0.05, 0) is 35.7 Å². The Balaban J connectivity index is 1.35. The number of hydrogen-bond acceptors (Lipinski definition) is 7. The molecule has 0 saturated carbocycles. The second-order valence-corrected chi connectivity index (χ2v) is 10.3. The van der Waals surface area contributed by atoms with Crippen LogP contribution in [0.3, 0.4) is 0 Å². The van der Waals surface area contributed by atoms with Crippen LogP contribution in [0, 0.1) is 0 Å². The Labute approximate surface area is 225 Å². The number of amides is 2. The van der Waals surface area contributed by atoms with E-state index in [2.05, 4.69) is 20.4 Å². The number of nitrogens with zero attached hydrogens (tertiary/aromatic N) is 8. The Bertz CT molecular complexity index is 1530. The minimum Gasteiger partial charge on any atom is -0.494 e. The van der Waals surface area contributed by atoms with Crippen LogP contribution in [0.15, 0.2) is 67.4 Å². The lowest BCUT2D eigenvalue weighted by molar-refractivity contribution is -0.134. The van der Waals surface area contributed by atoms with Crippen molar-refractivity contribution in [2.45, 2.75) is 50.4 Å². The first kappa shape index (κ1) is 23.6. The number of likely N-dealkylation sites (tertiary alicyclic amines) is 1. The Hall–Kier alpha value is -4.54. The first-order chi connectivity index (χ1) is 19.1. The van der Waals surface area contributed by atoms with Crippen LogP contribution in [0.5, 0.6) is 5.75 Å². The van der Waals surface area contributed by atoms with Crippen molar-refractivity contribution in [2.24, 2.45) is 0 Å². The maximum Gasteiger partial charge on any atom is 0.240 e. The highest BCUT2D eigenvalue weighted by Crippen LogP contribution is 2.57. The summed E-state index contributed by atoms with van der Waals surface area (Å²) in [6.45, 7) is 2.39. The fourth-order valence-electron chi connectivity index (χ4n) is 6.35. The van der Waals surface area contributed by atoms with E-state index >= 15 is 0 Å². The van der Waals surface area contributed by atoms with Crippen molar-refractivity contribution in [1.82, 2.24) is 34.7 Å². The first-order valence-corrected chi connectivity index (χ1v) is 13.3. The van der Waals surface area contributed by atoms with E-state index in [4.69, 9.17) is 4.74 Å². The number of carbonyl (C=O) groups excluding carboxylic acids is 2. The largest absolute Gasteiger partial charge is 0.494 e. The smallest absolute Gasteiger partial charge is 0.240 e. The van der Waals surface area contributed by atoms with E-state index in [0.29, 0.717) is 45.0 Å². The van der Waals surface area contributed by atoms with E-state index in [1.165, 1.54) is 6.33 Å². The van der Waals surface area contributed by atoms with Crippen LogP contribution >= 0.6 is 0 Å². The second-order valence-electron chi connectivity index (χ2n) is 10.3. The van der Waals surface area contributed by atoms with E-state index in [9.17, 15) is 9.59 Å². The zero-order valence-electron chi connectivity index (χ0n) is 21.4. The van der Waals surface area contributed by atoms with E-state index in [1.807, 2.05) is 64.5 Å². The van der Waals surface area contributed by atoms with Gasteiger partial charge in [-0.15, -0.1) is 5.10 Å². The summed E-state index contributed by atoms with van der Waals surface area (Å²) in [6, 6.07) is 15.3. The summed E-state index contributed by atoms with van der Waals surface area (Å²) in [5, 5.41) is 12.8. The first-order valence-electron chi connectivity index (χ1n) is 13.3. The van der Waals surface area contributed by atoms with Gasteiger partial charge in [0.15, 0.2) is 0 Å². The van der Waals surface area contributed by atoms with Crippen LogP contribution < -0.4 is 9.64 Å². The molecule has 3 aliphatic heterocycles. The summed E-state index contributed by atoms with van der Waals surface area (Å²) in [4.78, 5) is 36.1. The lowest BCUT2D eigenvalue weighted by Gasteiger charge is -2.35. The van der Waals surface area contributed by atoms with Crippen molar-refractivity contribution in [2.75, 3.05) is 18.1 Å². The molecule has 4 aromatic rings. The normalized spacial score (nSPS) is 22.1. The van der Waals surface area contributed by atoms with Crippen molar-refractivity contribution in [3.05, 3.63) is 84.2 Å². The number of aromatic nitrogens is 6. The van der Waals surface area contributed by atoms with Gasteiger partial charge in [0.05, 0.1) is 31.9 Å². The van der Waals surface area contributed by atoms with Crippen molar-refractivity contribution >= 4 is 17.5 Å². The Morgan fingerprint density at radius 3 is 2.95 bits per heavy atom. The number of para-hydroxylation sites is 1. The van der Waals surface area contributed by atoms with E-state index in [1.54, 1.807) is 15.7 Å². The quantitative estimate of drug-likeness (QED) is 0.405. The third-order valence-electron chi connectivity index (χ3n) is 8.05. The molecule has 3 aliphatic rings. The molecule has 39 heavy (non-hydrogen) atoms. The van der Waals surface area contributed by atoms with Crippen LogP contribution in [0.4, 0.5) is 5.69 Å². The number of ether oxygens (including phenoxy) is 1. The van der Waals surface area contributed by atoms with Gasteiger partial charge in [0.25, 0.3) is 0 Å². The van der Waals surface area contributed by atoms with E-state index < -0.39 is 11.5 Å². The molecule has 6 bridgehead atoms. The number of fused-ring (bicyclic) bond motifs is 8. The minimum atomic E-state index is -0.922. The number of hydrogen-bond donors (Lipinski definition) is 0. The summed E-state index contributed by atoms with van der Waals surface area (Å²) >= 11 is 0. The summed E-state index contributed by atoms with van der Waals surface area (Å²) in [7, 11) is 0. The molecular formula is C28H28N8O3. The average molecular weight is 525 g/mol. The van der Waals surface area contributed by atoms with Gasteiger partial charge in [-0.25, -0.2) is 4.98 Å². The van der Waals surface area contributed by atoms with Crippen LogP contribution in [0.1, 0.15) is 42.1 Å². The van der Waals surface area contributed by atoms with Crippen LogP contribution in [0.2, 0.25) is 0 Å². The highest BCUT2D eigenvalue weighted by atomic mass is 16.5. The van der Waals surface area contributed by atoms with Gasteiger partial charge in [-0.2, -0.15) is 5.10 Å². The summed E-state index contributed by atoms with van der Waals surface area (Å²) in [5.74, 6) is 0.675. The van der Waals surface area contributed by atoms with Crippen molar-refractivity contribution in [3.8, 4) is 5.75 Å². The second kappa shape index (κ2) is 9.33. The molecule has 7 rings (SSSR count). The maximum absolute atomic E-state index is 14.6. The van der Waals surface area contributed by atoms with Crippen molar-refractivity contribution < 1.29 is 14.3 Å². The summed E-state index contributed by atoms with van der Waals surface area (Å²) < 4.78 is 9.55. The molecule has 1 fully saturated rings. The predicted octanol–water partition coefficient (Wildman–Crippen LogP) is 2.50. The predicted molar refractivity (Wildman–Crippen MR) is 140 cm³/mol. The molecule has 2 aromatic heterocycles. The van der Waals surface area contributed by atoms with Crippen LogP contribution in [0.25, 0.3) is 0 Å². The number of rotatable bonds is 3. The number of anilines is 1. The molecule has 1 spiro atoms. The van der Waals surface area contributed by atoms with Gasteiger partial charge < -0.3 is 14.5 Å². The molecule has 0 unspecified atom stereocenters. The van der Waals surface area contributed by atoms with Crippen molar-refractivity contribution in [3.63, 3.8) is 0 Å². The van der Waals surface area contributed by atoms with E-state index in [-0.39, 0.29) is 18.2 Å². The van der Waals surface area contributed by atoms with Crippen LogP contribution in [-0.4, -0.2) is 59.6 Å². The van der Waals surface area contributed by atoms with Gasteiger partial charge in [0, 0.05) is 31.6 Å². The summed E-state index contributed by atoms with van der Waals surface area (Å²) in [5.41, 5.74) is 2.50. The molecule has 11 heteroatoms. The molecule has 198 valence electrons. The molecule has 1 saturated heterocycles.